The number of aromatic nitrogens is 3. The van der Waals surface area contributed by atoms with Crippen molar-refractivity contribution >= 4 is 0 Å². The number of hydrogen-bond donors (Lipinski definition) is 0. The fourth-order valence-electron chi connectivity index (χ4n) is 6.88. The smallest absolute Gasteiger partial charge is 0.323 e. The van der Waals surface area contributed by atoms with Crippen LogP contribution in [-0.4, -0.2) is 89.1 Å². The molecule has 1 heterocycles. The number of benzene rings is 3. The zero-order chi connectivity index (χ0) is 37.9. The van der Waals surface area contributed by atoms with Crippen molar-refractivity contribution in [1.29, 1.82) is 0 Å². The molecule has 3 aromatic carbocycles. The normalized spacial score (nSPS) is 12.5. The molecule has 4 rings (SSSR count). The molecule has 0 N–H and O–H groups in total. The number of aryl methyl sites for hydroxylation is 5. The van der Waals surface area contributed by atoms with Gasteiger partial charge in [0.25, 0.3) is 0 Å². The van der Waals surface area contributed by atoms with E-state index in [0.717, 1.165) is 19.6 Å². The number of hydrogen-bond acceptors (Lipinski definition) is 3. The van der Waals surface area contributed by atoms with Crippen LogP contribution in [-0.2, 0) is 39.3 Å². The van der Waals surface area contributed by atoms with Crippen LogP contribution in [0.5, 0.6) is 0 Å². The molecule has 0 spiro atoms. The lowest BCUT2D eigenvalue weighted by Gasteiger charge is -2.32. The largest absolute Gasteiger partial charge is 0.336 e. The van der Waals surface area contributed by atoms with Crippen LogP contribution in [0.25, 0.3) is 0 Å². The summed E-state index contributed by atoms with van der Waals surface area (Å²) in [6, 6.07) is 19.3. The number of quaternary nitrogens is 3. The van der Waals surface area contributed by atoms with Gasteiger partial charge in [0.2, 0.25) is 0 Å². The maximum atomic E-state index is 14.1. The highest BCUT2D eigenvalue weighted by Gasteiger charge is 2.25. The van der Waals surface area contributed by atoms with Crippen LogP contribution in [0.15, 0.2) is 69.0 Å². The van der Waals surface area contributed by atoms with Crippen molar-refractivity contribution in [3.63, 3.8) is 0 Å². The maximum Gasteiger partial charge on any atom is 0.336 e. The Morgan fingerprint density at radius 2 is 0.941 bits per heavy atom. The number of nitrogens with zero attached hydrogens (tertiary/aromatic N) is 6. The molecule has 4 aromatic rings. The van der Waals surface area contributed by atoms with Gasteiger partial charge in [-0.2, -0.15) is 0 Å². The van der Waals surface area contributed by atoms with Gasteiger partial charge in [0.05, 0.1) is 81.6 Å². The Hall–Kier alpha value is -4.05. The lowest BCUT2D eigenvalue weighted by molar-refractivity contribution is -0.904. The zero-order valence-corrected chi connectivity index (χ0v) is 33.5. The Bertz CT molecular complexity index is 1990. The molecule has 0 unspecified atom stereocenters. The van der Waals surface area contributed by atoms with Gasteiger partial charge in [-0.05, 0) is 69.4 Å². The average molecular weight is 700 g/mol. The van der Waals surface area contributed by atoms with Crippen molar-refractivity contribution in [2.24, 2.45) is 0 Å². The first kappa shape index (κ1) is 39.7. The van der Waals surface area contributed by atoms with E-state index >= 15 is 0 Å². The third-order valence-corrected chi connectivity index (χ3v) is 10.8. The van der Waals surface area contributed by atoms with E-state index in [1.54, 1.807) is 0 Å². The standard InChI is InChI=1S/C42H63N6O3/c1-31-16-17-34(4)39(26-31)30-48(11,12)25-22-45-41(50)43(20-23-46(7,8)28-37-19-18-32(2)35(5)27-37)40(49)44(42(45)51)21-24-47(9,10)29-38-15-13-14-33(3)36(38)6/h13-19,26-27H,20-25,28-30H2,1-12H3/q+3. The fourth-order valence-corrected chi connectivity index (χ4v) is 6.88. The third kappa shape index (κ3) is 10.3. The molecule has 0 bridgehead atoms. The van der Waals surface area contributed by atoms with E-state index in [-0.39, 0.29) is 19.6 Å². The minimum atomic E-state index is -0.525. The van der Waals surface area contributed by atoms with Crippen LogP contribution < -0.4 is 17.1 Å². The van der Waals surface area contributed by atoms with Crippen molar-refractivity contribution in [3.05, 3.63) is 136 Å². The molecule has 9 heteroatoms. The van der Waals surface area contributed by atoms with E-state index in [2.05, 4.69) is 138 Å². The minimum Gasteiger partial charge on any atom is -0.323 e. The molecule has 0 saturated carbocycles. The van der Waals surface area contributed by atoms with Crippen LogP contribution in [0.2, 0.25) is 0 Å². The predicted octanol–water partition coefficient (Wildman–Crippen LogP) is 4.85. The number of rotatable bonds is 15. The van der Waals surface area contributed by atoms with Gasteiger partial charge in [-0.25, -0.2) is 28.1 Å². The van der Waals surface area contributed by atoms with Gasteiger partial charge in [0.1, 0.15) is 19.6 Å². The molecule has 9 nitrogen and oxygen atoms in total. The highest BCUT2D eigenvalue weighted by atomic mass is 16.2. The van der Waals surface area contributed by atoms with Crippen LogP contribution >= 0.6 is 0 Å². The minimum absolute atomic E-state index is 0.220. The summed E-state index contributed by atoms with van der Waals surface area (Å²) in [7, 11) is 12.7. The van der Waals surface area contributed by atoms with E-state index in [0.29, 0.717) is 33.1 Å². The molecule has 0 saturated heterocycles. The Kier molecular flexibility index (Phi) is 12.2. The SMILES string of the molecule is Cc1ccc(C)c(C[N+](C)(C)CCn2c(=O)n(CC[N+](C)(C)Cc3ccc(C)c(C)c3)c(=O)n(CC[N+](C)(C)Cc3cccc(C)c3C)c2=O)c1. The van der Waals surface area contributed by atoms with Crippen LogP contribution in [0.4, 0.5) is 0 Å². The summed E-state index contributed by atoms with van der Waals surface area (Å²) in [5, 5.41) is 0. The van der Waals surface area contributed by atoms with Crippen molar-refractivity contribution in [2.75, 3.05) is 61.9 Å². The van der Waals surface area contributed by atoms with Crippen molar-refractivity contribution in [3.8, 4) is 0 Å². The molecule has 0 aliphatic carbocycles. The second-order valence-corrected chi connectivity index (χ2v) is 17.0. The molecule has 0 aliphatic rings. The van der Waals surface area contributed by atoms with Crippen molar-refractivity contribution < 1.29 is 13.4 Å². The van der Waals surface area contributed by atoms with E-state index in [9.17, 15) is 14.4 Å². The average Bonchev–Trinajstić information content (AvgIpc) is 3.02. The topological polar surface area (TPSA) is 66.0 Å². The highest BCUT2D eigenvalue weighted by molar-refractivity contribution is 5.33. The van der Waals surface area contributed by atoms with Crippen LogP contribution in [0.1, 0.15) is 50.1 Å². The lowest BCUT2D eigenvalue weighted by atomic mass is 10.0. The third-order valence-electron chi connectivity index (χ3n) is 10.8. The van der Waals surface area contributed by atoms with Gasteiger partial charge in [-0.3, -0.25) is 0 Å². The molecule has 0 fully saturated rings. The van der Waals surface area contributed by atoms with Gasteiger partial charge in [-0.1, -0.05) is 60.2 Å². The highest BCUT2D eigenvalue weighted by Crippen LogP contribution is 2.18. The maximum absolute atomic E-state index is 14.1. The molecule has 0 aliphatic heterocycles. The Morgan fingerprint density at radius 3 is 1.45 bits per heavy atom. The fraction of sp³-hybridized carbons (Fsp3) is 0.500. The molecular formula is C42H63N6O3+3. The summed E-state index contributed by atoms with van der Waals surface area (Å²) in [6.45, 7) is 17.3. The molecule has 0 atom stereocenters. The van der Waals surface area contributed by atoms with E-state index in [1.165, 1.54) is 63.8 Å². The number of likely N-dealkylation sites (N-methyl/N-ethyl adjacent to an activating group) is 3. The molecule has 51 heavy (non-hydrogen) atoms. The summed E-state index contributed by atoms with van der Waals surface area (Å²) < 4.78 is 5.69. The summed E-state index contributed by atoms with van der Waals surface area (Å²) in [4.78, 5) is 42.3. The van der Waals surface area contributed by atoms with Gasteiger partial charge < -0.3 is 13.4 Å². The summed E-state index contributed by atoms with van der Waals surface area (Å²) in [6.07, 6.45) is 0. The molecule has 1 aromatic heterocycles. The zero-order valence-electron chi connectivity index (χ0n) is 33.5. The van der Waals surface area contributed by atoms with E-state index in [1.807, 2.05) is 0 Å². The summed E-state index contributed by atoms with van der Waals surface area (Å²) in [5.41, 5.74) is 9.59. The molecule has 276 valence electrons. The predicted molar refractivity (Wildman–Crippen MR) is 209 cm³/mol. The molecule has 0 amide bonds. The Labute approximate surface area is 305 Å². The van der Waals surface area contributed by atoms with Gasteiger partial charge in [0, 0.05) is 16.7 Å². The second kappa shape index (κ2) is 15.7. The van der Waals surface area contributed by atoms with Crippen molar-refractivity contribution in [1.82, 2.24) is 13.7 Å². The quantitative estimate of drug-likeness (QED) is 0.167. The lowest BCUT2D eigenvalue weighted by Crippen LogP contribution is -2.58. The first-order chi connectivity index (χ1) is 23.7. The van der Waals surface area contributed by atoms with Gasteiger partial charge >= 0.3 is 17.1 Å². The van der Waals surface area contributed by atoms with Crippen LogP contribution in [0.3, 0.4) is 0 Å². The van der Waals surface area contributed by atoms with E-state index in [4.69, 9.17) is 0 Å². The van der Waals surface area contributed by atoms with Gasteiger partial charge in [0.15, 0.2) is 0 Å². The Morgan fingerprint density at radius 1 is 0.471 bits per heavy atom. The summed E-state index contributed by atoms with van der Waals surface area (Å²) >= 11 is 0. The van der Waals surface area contributed by atoms with E-state index < -0.39 is 17.1 Å². The Balaban J connectivity index is 1.65. The first-order valence-corrected chi connectivity index (χ1v) is 18.3. The van der Waals surface area contributed by atoms with Crippen LogP contribution in [0, 0.1) is 41.5 Å². The monoisotopic (exact) mass is 699 g/mol. The van der Waals surface area contributed by atoms with Crippen molar-refractivity contribution in [2.45, 2.75) is 80.8 Å². The van der Waals surface area contributed by atoms with Gasteiger partial charge in [-0.15, -0.1) is 0 Å². The second-order valence-electron chi connectivity index (χ2n) is 17.0. The first-order valence-electron chi connectivity index (χ1n) is 18.3. The molecule has 0 radical (unpaired) electrons. The molecular weight excluding hydrogens is 637 g/mol. The summed E-state index contributed by atoms with van der Waals surface area (Å²) in [5.74, 6) is 0.